The van der Waals surface area contributed by atoms with E-state index in [-0.39, 0.29) is 11.7 Å². The highest BCUT2D eigenvalue weighted by atomic mass is 19.1. The minimum Gasteiger partial charge on any atom is -0.485 e. The second-order valence-electron chi connectivity index (χ2n) is 8.89. The fourth-order valence-electron chi connectivity index (χ4n) is 4.61. The van der Waals surface area contributed by atoms with E-state index < -0.39 is 5.82 Å². The maximum atomic E-state index is 14.9. The topological polar surface area (TPSA) is 62.3 Å². The minimum atomic E-state index is -0.469. The largest absolute Gasteiger partial charge is 0.485 e. The third-order valence-electron chi connectivity index (χ3n) is 6.12. The highest BCUT2D eigenvalue weighted by Gasteiger charge is 2.26. The van der Waals surface area contributed by atoms with Gasteiger partial charge in [-0.15, -0.1) is 0 Å². The van der Waals surface area contributed by atoms with Gasteiger partial charge in [0.25, 0.3) is 0 Å². The first-order valence-electron chi connectivity index (χ1n) is 11.3. The summed E-state index contributed by atoms with van der Waals surface area (Å²) in [4.78, 5) is 10.9. The Kier molecular flexibility index (Phi) is 5.50. The zero-order valence-electron chi connectivity index (χ0n) is 19.2. The number of anilines is 3. The van der Waals surface area contributed by atoms with E-state index in [9.17, 15) is 4.39 Å². The van der Waals surface area contributed by atoms with Gasteiger partial charge in [0, 0.05) is 29.5 Å². The SMILES string of the molecule is C=C1COc2c(C)cc(-c3nc(Nc4ccc5c(c4)CCNC5)ncc3F)cc2N1C(C)C. The number of rotatable bonds is 4. The van der Waals surface area contributed by atoms with Gasteiger partial charge in [-0.2, -0.15) is 0 Å². The van der Waals surface area contributed by atoms with Crippen molar-refractivity contribution in [3.8, 4) is 17.0 Å². The zero-order chi connectivity index (χ0) is 23.1. The van der Waals surface area contributed by atoms with Crippen molar-refractivity contribution < 1.29 is 9.13 Å². The molecule has 0 bridgehead atoms. The van der Waals surface area contributed by atoms with Crippen LogP contribution in [0, 0.1) is 12.7 Å². The average Bonchev–Trinajstić information content (AvgIpc) is 2.79. The van der Waals surface area contributed by atoms with Crippen molar-refractivity contribution in [3.05, 3.63) is 71.3 Å². The Bertz CT molecular complexity index is 1240. The average molecular weight is 446 g/mol. The van der Waals surface area contributed by atoms with Gasteiger partial charge in [-0.25, -0.2) is 14.4 Å². The van der Waals surface area contributed by atoms with E-state index in [1.54, 1.807) is 0 Å². The van der Waals surface area contributed by atoms with Crippen LogP contribution in [0.3, 0.4) is 0 Å². The molecule has 3 aromatic rings. The van der Waals surface area contributed by atoms with Gasteiger partial charge in [-0.05, 0) is 74.7 Å². The van der Waals surface area contributed by atoms with Crippen molar-refractivity contribution in [2.75, 3.05) is 23.4 Å². The number of ether oxygens (including phenoxy) is 1. The molecule has 1 aromatic heterocycles. The third-order valence-corrected chi connectivity index (χ3v) is 6.12. The van der Waals surface area contributed by atoms with Crippen LogP contribution in [-0.2, 0) is 13.0 Å². The van der Waals surface area contributed by atoms with E-state index in [1.165, 1.54) is 17.3 Å². The quantitative estimate of drug-likeness (QED) is 0.583. The molecule has 0 atom stereocenters. The summed E-state index contributed by atoms with van der Waals surface area (Å²) in [5.74, 6) is 0.691. The molecule has 0 saturated heterocycles. The molecule has 0 fully saturated rings. The molecular formula is C26H28FN5O. The normalized spacial score (nSPS) is 15.2. The van der Waals surface area contributed by atoms with Crippen LogP contribution in [-0.4, -0.2) is 29.2 Å². The number of nitrogens with one attached hydrogen (secondary N) is 2. The van der Waals surface area contributed by atoms with Crippen molar-refractivity contribution >= 4 is 17.3 Å². The van der Waals surface area contributed by atoms with E-state index in [0.717, 1.165) is 47.9 Å². The van der Waals surface area contributed by atoms with E-state index in [2.05, 4.69) is 58.1 Å². The van der Waals surface area contributed by atoms with Gasteiger partial charge in [0.1, 0.15) is 18.1 Å². The first-order chi connectivity index (χ1) is 15.9. The lowest BCUT2D eigenvalue weighted by molar-refractivity contribution is 0.330. The van der Waals surface area contributed by atoms with Crippen molar-refractivity contribution in [3.63, 3.8) is 0 Å². The molecule has 170 valence electrons. The van der Waals surface area contributed by atoms with Gasteiger partial charge in [-0.3, -0.25) is 0 Å². The second kappa shape index (κ2) is 8.48. The van der Waals surface area contributed by atoms with E-state index in [0.29, 0.717) is 18.1 Å². The number of aromatic nitrogens is 2. The number of aryl methyl sites for hydroxylation is 1. The van der Waals surface area contributed by atoms with Crippen molar-refractivity contribution in [2.45, 2.75) is 39.8 Å². The van der Waals surface area contributed by atoms with Gasteiger partial charge >= 0.3 is 0 Å². The molecule has 3 heterocycles. The first kappa shape index (κ1) is 21.4. The highest BCUT2D eigenvalue weighted by Crippen LogP contribution is 2.42. The van der Waals surface area contributed by atoms with Crippen molar-refractivity contribution in [1.29, 1.82) is 0 Å². The van der Waals surface area contributed by atoms with E-state index in [4.69, 9.17) is 4.74 Å². The number of hydrogen-bond acceptors (Lipinski definition) is 6. The number of halogens is 1. The van der Waals surface area contributed by atoms with Crippen LogP contribution < -0.4 is 20.3 Å². The maximum absolute atomic E-state index is 14.9. The summed E-state index contributed by atoms with van der Waals surface area (Å²) in [5, 5.41) is 6.62. The zero-order valence-corrected chi connectivity index (χ0v) is 19.2. The van der Waals surface area contributed by atoms with Crippen LogP contribution >= 0.6 is 0 Å². The molecular weight excluding hydrogens is 417 g/mol. The highest BCUT2D eigenvalue weighted by molar-refractivity contribution is 5.76. The molecule has 0 unspecified atom stereocenters. The molecule has 2 aliphatic heterocycles. The Morgan fingerprint density at radius 2 is 2.06 bits per heavy atom. The monoisotopic (exact) mass is 445 g/mol. The summed E-state index contributed by atoms with van der Waals surface area (Å²) >= 11 is 0. The molecule has 0 spiro atoms. The number of fused-ring (bicyclic) bond motifs is 2. The Labute approximate surface area is 193 Å². The summed E-state index contributed by atoms with van der Waals surface area (Å²) in [6, 6.07) is 10.3. The molecule has 0 amide bonds. The van der Waals surface area contributed by atoms with Crippen LogP contribution in [0.25, 0.3) is 11.3 Å². The number of benzene rings is 2. The van der Waals surface area contributed by atoms with Crippen molar-refractivity contribution in [1.82, 2.24) is 15.3 Å². The molecule has 33 heavy (non-hydrogen) atoms. The van der Waals surface area contributed by atoms with Gasteiger partial charge in [0.15, 0.2) is 5.82 Å². The molecule has 5 rings (SSSR count). The molecule has 0 aliphatic carbocycles. The fraction of sp³-hybridized carbons (Fsp3) is 0.308. The summed E-state index contributed by atoms with van der Waals surface area (Å²) in [6.45, 7) is 12.6. The van der Waals surface area contributed by atoms with Crippen LogP contribution in [0.1, 0.15) is 30.5 Å². The van der Waals surface area contributed by atoms with E-state index >= 15 is 0 Å². The van der Waals surface area contributed by atoms with Crippen LogP contribution in [0.2, 0.25) is 0 Å². The van der Waals surface area contributed by atoms with Gasteiger partial charge < -0.3 is 20.3 Å². The van der Waals surface area contributed by atoms with E-state index in [1.807, 2.05) is 25.1 Å². The summed E-state index contributed by atoms with van der Waals surface area (Å²) in [7, 11) is 0. The summed E-state index contributed by atoms with van der Waals surface area (Å²) in [6.07, 6.45) is 2.20. The Hall–Kier alpha value is -3.45. The van der Waals surface area contributed by atoms with Crippen molar-refractivity contribution in [2.24, 2.45) is 0 Å². The van der Waals surface area contributed by atoms with Crippen LogP contribution in [0.15, 0.2) is 48.8 Å². The lowest BCUT2D eigenvalue weighted by Gasteiger charge is -2.37. The smallest absolute Gasteiger partial charge is 0.227 e. The Morgan fingerprint density at radius 1 is 1.21 bits per heavy atom. The molecule has 0 saturated carbocycles. The number of nitrogens with zero attached hydrogens (tertiary/aromatic N) is 3. The molecule has 7 heteroatoms. The second-order valence-corrected chi connectivity index (χ2v) is 8.89. The molecule has 6 nitrogen and oxygen atoms in total. The van der Waals surface area contributed by atoms with Gasteiger partial charge in [0.05, 0.1) is 11.9 Å². The first-order valence-corrected chi connectivity index (χ1v) is 11.3. The predicted octanol–water partition coefficient (Wildman–Crippen LogP) is 5.10. The van der Waals surface area contributed by atoms with Gasteiger partial charge in [-0.1, -0.05) is 12.6 Å². The Morgan fingerprint density at radius 3 is 2.88 bits per heavy atom. The minimum absolute atomic E-state index is 0.196. The molecule has 2 aromatic carbocycles. The lowest BCUT2D eigenvalue weighted by Crippen LogP contribution is -2.35. The Balaban J connectivity index is 1.51. The molecule has 0 radical (unpaired) electrons. The predicted molar refractivity (Wildman–Crippen MR) is 130 cm³/mol. The summed E-state index contributed by atoms with van der Waals surface area (Å²) in [5.41, 5.74) is 7.11. The fourth-order valence-corrected chi connectivity index (χ4v) is 4.61. The number of hydrogen-bond donors (Lipinski definition) is 2. The molecule has 2 N–H and O–H groups in total. The van der Waals surface area contributed by atoms with Gasteiger partial charge in [0.2, 0.25) is 5.95 Å². The maximum Gasteiger partial charge on any atom is 0.227 e. The van der Waals surface area contributed by atoms with Crippen LogP contribution in [0.5, 0.6) is 5.75 Å². The lowest BCUT2D eigenvalue weighted by atomic mass is 10.0. The molecule has 2 aliphatic rings. The standard InChI is InChI=1S/C26H28FN5O/c1-15(2)32-17(4)14-33-25-16(3)9-20(11-23(25)32)24-22(27)13-29-26(31-24)30-21-6-5-19-12-28-8-7-18(19)10-21/h5-6,9-11,13,15,28H,4,7-8,12,14H2,1-3H3,(H,29,30,31). The third kappa shape index (κ3) is 4.04. The van der Waals surface area contributed by atoms with Crippen LogP contribution in [0.4, 0.5) is 21.7 Å². The summed E-state index contributed by atoms with van der Waals surface area (Å²) < 4.78 is 20.8.